The molecule has 0 aliphatic heterocycles. The molecule has 1 fully saturated rings. The molecule has 1 aromatic carbocycles. The molecule has 2 rings (SSSR count). The lowest BCUT2D eigenvalue weighted by Gasteiger charge is -2.04. The molecule has 1 aliphatic carbocycles. The smallest absolute Gasteiger partial charge is 0.338 e. The van der Waals surface area contributed by atoms with Gasteiger partial charge in [-0.05, 0) is 37.0 Å². The van der Waals surface area contributed by atoms with E-state index in [2.05, 4.69) is 0 Å². The molecule has 4 heteroatoms. The van der Waals surface area contributed by atoms with Crippen molar-refractivity contribution in [2.45, 2.75) is 12.8 Å². The van der Waals surface area contributed by atoms with Crippen LogP contribution in [0.3, 0.4) is 0 Å². The summed E-state index contributed by atoms with van der Waals surface area (Å²) in [7, 11) is 0. The molecule has 80 valence electrons. The molecule has 0 spiro atoms. The zero-order chi connectivity index (χ0) is 10.8. The van der Waals surface area contributed by atoms with Crippen molar-refractivity contribution in [2.24, 2.45) is 5.92 Å². The number of halogens is 1. The fourth-order valence-corrected chi connectivity index (χ4v) is 1.40. The third-order valence-electron chi connectivity index (χ3n) is 2.38. The molecule has 0 aromatic heterocycles. The minimum absolute atomic E-state index is 0.330. The van der Waals surface area contributed by atoms with E-state index in [-0.39, 0.29) is 5.97 Å². The Labute approximate surface area is 93.2 Å². The number of benzene rings is 1. The molecule has 1 aromatic rings. The highest BCUT2D eigenvalue weighted by Crippen LogP contribution is 2.29. The van der Waals surface area contributed by atoms with E-state index in [0.717, 1.165) is 12.8 Å². The van der Waals surface area contributed by atoms with Crippen molar-refractivity contribution in [2.75, 3.05) is 12.3 Å². The van der Waals surface area contributed by atoms with Crippen LogP contribution in [0.5, 0.6) is 0 Å². The Kier molecular flexibility index (Phi) is 2.82. The maximum Gasteiger partial charge on any atom is 0.338 e. The van der Waals surface area contributed by atoms with Crippen LogP contribution in [-0.2, 0) is 4.74 Å². The van der Waals surface area contributed by atoms with Gasteiger partial charge in [0.25, 0.3) is 0 Å². The molecule has 0 atom stereocenters. The number of nitrogens with two attached hydrogens (primary N) is 1. The number of esters is 1. The Bertz CT molecular complexity index is 388. The molecule has 0 saturated heterocycles. The molecular formula is C11H12ClNO2. The van der Waals surface area contributed by atoms with Crippen molar-refractivity contribution in [1.82, 2.24) is 0 Å². The first-order chi connectivity index (χ1) is 7.16. The predicted octanol–water partition coefficient (Wildman–Crippen LogP) is 2.49. The summed E-state index contributed by atoms with van der Waals surface area (Å²) in [5.41, 5.74) is 6.46. The van der Waals surface area contributed by atoms with Crippen molar-refractivity contribution < 1.29 is 9.53 Å². The molecule has 1 aliphatic rings. The Morgan fingerprint density at radius 1 is 1.53 bits per heavy atom. The van der Waals surface area contributed by atoms with Gasteiger partial charge < -0.3 is 10.5 Å². The molecule has 0 unspecified atom stereocenters. The largest absolute Gasteiger partial charge is 0.462 e. The highest BCUT2D eigenvalue weighted by atomic mass is 35.5. The first-order valence-electron chi connectivity index (χ1n) is 4.89. The fraction of sp³-hybridized carbons (Fsp3) is 0.364. The van der Waals surface area contributed by atoms with E-state index < -0.39 is 0 Å². The number of nitrogen functional groups attached to an aromatic ring is 1. The van der Waals surface area contributed by atoms with Crippen LogP contribution in [-0.4, -0.2) is 12.6 Å². The standard InChI is InChI=1S/C11H12ClNO2/c12-9-5-8(3-4-10(9)13)11(14)15-6-7-1-2-7/h3-5,7H,1-2,6,13H2. The minimum Gasteiger partial charge on any atom is -0.462 e. The summed E-state index contributed by atoms with van der Waals surface area (Å²) >= 11 is 5.80. The predicted molar refractivity (Wildman–Crippen MR) is 58.9 cm³/mol. The summed E-state index contributed by atoms with van der Waals surface area (Å²) < 4.78 is 5.11. The van der Waals surface area contributed by atoms with E-state index in [4.69, 9.17) is 22.1 Å². The second-order valence-corrected chi connectivity index (χ2v) is 4.19. The number of rotatable bonds is 3. The van der Waals surface area contributed by atoms with Crippen LogP contribution in [0.4, 0.5) is 5.69 Å². The van der Waals surface area contributed by atoms with E-state index >= 15 is 0 Å². The van der Waals surface area contributed by atoms with Crippen LogP contribution in [0, 0.1) is 5.92 Å². The van der Waals surface area contributed by atoms with Crippen molar-refractivity contribution in [3.05, 3.63) is 28.8 Å². The second kappa shape index (κ2) is 4.11. The van der Waals surface area contributed by atoms with Crippen LogP contribution < -0.4 is 5.73 Å². The summed E-state index contributed by atoms with van der Waals surface area (Å²) in [6, 6.07) is 4.76. The van der Waals surface area contributed by atoms with Gasteiger partial charge in [-0.15, -0.1) is 0 Å². The monoisotopic (exact) mass is 225 g/mol. The number of carbonyl (C=O) groups excluding carboxylic acids is 1. The topological polar surface area (TPSA) is 52.3 Å². The van der Waals surface area contributed by atoms with Gasteiger partial charge in [0, 0.05) is 0 Å². The summed E-state index contributed by atoms with van der Waals surface area (Å²) in [6.45, 7) is 0.515. The molecule has 0 amide bonds. The highest BCUT2D eigenvalue weighted by Gasteiger charge is 2.23. The molecule has 0 bridgehead atoms. The maximum atomic E-state index is 11.5. The lowest BCUT2D eigenvalue weighted by Crippen LogP contribution is -2.07. The van der Waals surface area contributed by atoms with Gasteiger partial charge in [0.1, 0.15) is 0 Å². The van der Waals surface area contributed by atoms with E-state index in [9.17, 15) is 4.79 Å². The average Bonchev–Trinajstić information content (AvgIpc) is 3.02. The van der Waals surface area contributed by atoms with Gasteiger partial charge in [-0.2, -0.15) is 0 Å². The van der Waals surface area contributed by atoms with Crippen molar-refractivity contribution in [1.29, 1.82) is 0 Å². The van der Waals surface area contributed by atoms with E-state index in [0.29, 0.717) is 28.8 Å². The van der Waals surface area contributed by atoms with Gasteiger partial charge in [-0.1, -0.05) is 11.6 Å². The molecule has 1 saturated carbocycles. The van der Waals surface area contributed by atoms with Gasteiger partial charge in [0.2, 0.25) is 0 Å². The summed E-state index contributed by atoms with van der Waals surface area (Å²) in [5.74, 6) is 0.238. The Morgan fingerprint density at radius 3 is 2.87 bits per heavy atom. The third-order valence-corrected chi connectivity index (χ3v) is 2.71. The lowest BCUT2D eigenvalue weighted by atomic mass is 10.2. The Balaban J connectivity index is 2.00. The zero-order valence-electron chi connectivity index (χ0n) is 8.20. The van der Waals surface area contributed by atoms with Crippen molar-refractivity contribution in [3.63, 3.8) is 0 Å². The summed E-state index contributed by atoms with van der Waals surface area (Å²) in [4.78, 5) is 11.5. The first-order valence-corrected chi connectivity index (χ1v) is 5.27. The Morgan fingerprint density at radius 2 is 2.27 bits per heavy atom. The number of hydrogen-bond acceptors (Lipinski definition) is 3. The molecule has 15 heavy (non-hydrogen) atoms. The van der Waals surface area contributed by atoms with Crippen molar-refractivity contribution in [3.8, 4) is 0 Å². The normalized spacial score (nSPS) is 15.0. The molecular weight excluding hydrogens is 214 g/mol. The second-order valence-electron chi connectivity index (χ2n) is 3.78. The Hall–Kier alpha value is -1.22. The van der Waals surface area contributed by atoms with E-state index in [1.165, 1.54) is 6.07 Å². The highest BCUT2D eigenvalue weighted by molar-refractivity contribution is 6.33. The van der Waals surface area contributed by atoms with Gasteiger partial charge in [0.05, 0.1) is 22.9 Å². The van der Waals surface area contributed by atoms with Crippen LogP contribution >= 0.6 is 11.6 Å². The van der Waals surface area contributed by atoms with Crippen LogP contribution in [0.25, 0.3) is 0 Å². The third kappa shape index (κ3) is 2.63. The SMILES string of the molecule is Nc1ccc(C(=O)OCC2CC2)cc1Cl. The van der Waals surface area contributed by atoms with Gasteiger partial charge in [-0.25, -0.2) is 4.79 Å². The van der Waals surface area contributed by atoms with E-state index in [1.54, 1.807) is 12.1 Å². The van der Waals surface area contributed by atoms with Gasteiger partial charge in [0.15, 0.2) is 0 Å². The van der Waals surface area contributed by atoms with Crippen LogP contribution in [0.2, 0.25) is 5.02 Å². The minimum atomic E-state index is -0.330. The number of ether oxygens (including phenoxy) is 1. The first kappa shape index (κ1) is 10.3. The number of hydrogen-bond donors (Lipinski definition) is 1. The number of carbonyl (C=O) groups is 1. The van der Waals surface area contributed by atoms with Gasteiger partial charge in [-0.3, -0.25) is 0 Å². The summed E-state index contributed by atoms with van der Waals surface area (Å²) in [6.07, 6.45) is 2.32. The summed E-state index contributed by atoms with van der Waals surface area (Å²) in [5, 5.41) is 0.385. The average molecular weight is 226 g/mol. The zero-order valence-corrected chi connectivity index (χ0v) is 8.96. The van der Waals surface area contributed by atoms with E-state index in [1.807, 2.05) is 0 Å². The lowest BCUT2D eigenvalue weighted by molar-refractivity contribution is 0.0486. The van der Waals surface area contributed by atoms with Gasteiger partial charge >= 0.3 is 5.97 Å². The van der Waals surface area contributed by atoms with Crippen molar-refractivity contribution >= 4 is 23.3 Å². The molecule has 3 nitrogen and oxygen atoms in total. The quantitative estimate of drug-likeness (QED) is 0.635. The fourth-order valence-electron chi connectivity index (χ4n) is 1.22. The van der Waals surface area contributed by atoms with Crippen LogP contribution in [0.1, 0.15) is 23.2 Å². The number of anilines is 1. The molecule has 0 radical (unpaired) electrons. The molecule has 2 N–H and O–H groups in total. The maximum absolute atomic E-state index is 11.5. The van der Waals surface area contributed by atoms with Crippen LogP contribution in [0.15, 0.2) is 18.2 Å². The molecule has 0 heterocycles.